The van der Waals surface area contributed by atoms with Crippen molar-refractivity contribution in [1.82, 2.24) is 0 Å². The number of benzene rings is 2. The average molecular weight is 313 g/mol. The molecule has 0 aliphatic rings. The normalized spacial score (nSPS) is 11.1. The van der Waals surface area contributed by atoms with Crippen LogP contribution >= 0.6 is 0 Å². The minimum atomic E-state index is 0.663. The fraction of sp³-hybridized carbons (Fsp3) is 0.143. The second-order valence-corrected chi connectivity index (χ2v) is 6.20. The van der Waals surface area contributed by atoms with Crippen LogP contribution in [0.1, 0.15) is 11.1 Å². The first-order valence-electron chi connectivity index (χ1n) is 7.89. The largest absolute Gasteiger partial charge is 0.457 e. The number of rotatable bonds is 1. The van der Waals surface area contributed by atoms with Crippen molar-refractivity contribution in [3.63, 3.8) is 0 Å². The molecule has 0 radical (unpaired) electrons. The van der Waals surface area contributed by atoms with Gasteiger partial charge in [0.25, 0.3) is 0 Å². The number of aromatic nitrogens is 1. The molecule has 0 aliphatic heterocycles. The SMILES string of the molecule is [C-]#[N+]c1c(-c2cc(C)cc[n+]2C)c(C)cc2oc3ccccc3c12. The fourth-order valence-electron chi connectivity index (χ4n) is 3.35. The molecule has 0 amide bonds. The van der Waals surface area contributed by atoms with Gasteiger partial charge in [-0.05, 0) is 37.1 Å². The Labute approximate surface area is 140 Å². The maximum absolute atomic E-state index is 7.82. The smallest absolute Gasteiger partial charge is 0.212 e. The van der Waals surface area contributed by atoms with Gasteiger partial charge >= 0.3 is 0 Å². The van der Waals surface area contributed by atoms with E-state index in [2.05, 4.69) is 28.5 Å². The maximum Gasteiger partial charge on any atom is 0.212 e. The predicted molar refractivity (Wildman–Crippen MR) is 96.1 cm³/mol. The monoisotopic (exact) mass is 313 g/mol. The number of hydrogen-bond acceptors (Lipinski definition) is 1. The van der Waals surface area contributed by atoms with E-state index < -0.39 is 0 Å². The Morgan fingerprint density at radius 1 is 1.04 bits per heavy atom. The number of hydrogen-bond donors (Lipinski definition) is 0. The van der Waals surface area contributed by atoms with Crippen molar-refractivity contribution in [1.29, 1.82) is 0 Å². The summed E-state index contributed by atoms with van der Waals surface area (Å²) in [6.45, 7) is 11.9. The summed E-state index contributed by atoms with van der Waals surface area (Å²) in [6, 6.07) is 14.2. The second kappa shape index (κ2) is 5.21. The number of pyridine rings is 1. The van der Waals surface area contributed by atoms with Crippen LogP contribution in [-0.2, 0) is 7.05 Å². The molecule has 4 aromatic rings. The second-order valence-electron chi connectivity index (χ2n) is 6.20. The van der Waals surface area contributed by atoms with Gasteiger partial charge in [-0.3, -0.25) is 0 Å². The van der Waals surface area contributed by atoms with E-state index in [1.807, 2.05) is 50.5 Å². The highest BCUT2D eigenvalue weighted by Gasteiger charge is 2.23. The van der Waals surface area contributed by atoms with Crippen LogP contribution in [-0.4, -0.2) is 0 Å². The lowest BCUT2D eigenvalue weighted by Crippen LogP contribution is -2.30. The highest BCUT2D eigenvalue weighted by Crippen LogP contribution is 2.43. The third-order valence-corrected chi connectivity index (χ3v) is 4.51. The number of fused-ring (bicyclic) bond motifs is 3. The summed E-state index contributed by atoms with van der Waals surface area (Å²) in [5.41, 5.74) is 6.52. The van der Waals surface area contributed by atoms with E-state index in [4.69, 9.17) is 11.0 Å². The predicted octanol–water partition coefficient (Wildman–Crippen LogP) is 5.25. The van der Waals surface area contributed by atoms with Crippen molar-refractivity contribution in [2.24, 2.45) is 7.05 Å². The minimum absolute atomic E-state index is 0.663. The molecule has 0 N–H and O–H groups in total. The van der Waals surface area contributed by atoms with Crippen LogP contribution < -0.4 is 4.57 Å². The van der Waals surface area contributed by atoms with Gasteiger partial charge in [0, 0.05) is 22.9 Å². The summed E-state index contributed by atoms with van der Waals surface area (Å²) < 4.78 is 8.04. The van der Waals surface area contributed by atoms with Crippen LogP contribution in [0.4, 0.5) is 5.69 Å². The van der Waals surface area contributed by atoms with Gasteiger partial charge < -0.3 is 4.42 Å². The first-order chi connectivity index (χ1) is 11.6. The molecular formula is C21H17N2O+. The van der Waals surface area contributed by atoms with Gasteiger partial charge in [-0.1, -0.05) is 18.2 Å². The van der Waals surface area contributed by atoms with Crippen LogP contribution in [0.5, 0.6) is 0 Å². The Morgan fingerprint density at radius 2 is 1.83 bits per heavy atom. The molecular weight excluding hydrogens is 296 g/mol. The molecule has 0 bridgehead atoms. The summed E-state index contributed by atoms with van der Waals surface area (Å²) in [5, 5.41) is 1.90. The van der Waals surface area contributed by atoms with Crippen molar-refractivity contribution in [3.05, 3.63) is 71.2 Å². The van der Waals surface area contributed by atoms with E-state index in [1.54, 1.807) is 0 Å². The van der Waals surface area contributed by atoms with Crippen molar-refractivity contribution in [3.8, 4) is 11.3 Å². The number of furan rings is 1. The summed E-state index contributed by atoms with van der Waals surface area (Å²) in [7, 11) is 2.01. The van der Waals surface area contributed by atoms with E-state index in [-0.39, 0.29) is 0 Å². The molecule has 3 heteroatoms. The molecule has 2 heterocycles. The molecule has 0 spiro atoms. The summed E-state index contributed by atoms with van der Waals surface area (Å²) in [4.78, 5) is 3.91. The lowest BCUT2D eigenvalue weighted by Gasteiger charge is -2.08. The summed E-state index contributed by atoms with van der Waals surface area (Å²) in [6.07, 6.45) is 2.04. The number of nitrogens with zero attached hydrogens (tertiary/aromatic N) is 2. The van der Waals surface area contributed by atoms with Crippen LogP contribution in [0.25, 0.3) is 38.0 Å². The Morgan fingerprint density at radius 3 is 2.62 bits per heavy atom. The molecule has 116 valence electrons. The van der Waals surface area contributed by atoms with E-state index in [1.165, 1.54) is 5.56 Å². The standard InChI is InChI=1S/C21H17N2O/c1-13-9-10-23(4)16(11-13)19-14(2)12-18-20(21(19)22-3)15-7-5-6-8-17(15)24-18/h5-12H,1-2,4H3/q+1. The third-order valence-electron chi connectivity index (χ3n) is 4.51. The molecule has 0 aliphatic carbocycles. The van der Waals surface area contributed by atoms with Crippen LogP contribution in [0.15, 0.2) is 53.1 Å². The first kappa shape index (κ1) is 14.5. The van der Waals surface area contributed by atoms with Gasteiger partial charge in [-0.2, -0.15) is 0 Å². The quantitative estimate of drug-likeness (QED) is 0.347. The molecule has 3 nitrogen and oxygen atoms in total. The number of para-hydroxylation sites is 1. The zero-order chi connectivity index (χ0) is 16.8. The fourth-order valence-corrected chi connectivity index (χ4v) is 3.35. The first-order valence-corrected chi connectivity index (χ1v) is 7.89. The van der Waals surface area contributed by atoms with E-state index in [0.29, 0.717) is 5.69 Å². The van der Waals surface area contributed by atoms with Gasteiger partial charge in [-0.25, -0.2) is 9.41 Å². The number of aryl methyl sites for hydroxylation is 3. The molecule has 2 aromatic heterocycles. The minimum Gasteiger partial charge on any atom is -0.457 e. The molecule has 0 saturated heterocycles. The van der Waals surface area contributed by atoms with Gasteiger partial charge in [0.15, 0.2) is 6.20 Å². The molecule has 0 atom stereocenters. The third kappa shape index (κ3) is 2.00. The van der Waals surface area contributed by atoms with Gasteiger partial charge in [-0.15, -0.1) is 0 Å². The van der Waals surface area contributed by atoms with Crippen molar-refractivity contribution in [2.45, 2.75) is 13.8 Å². The molecule has 24 heavy (non-hydrogen) atoms. The highest BCUT2D eigenvalue weighted by molar-refractivity contribution is 6.15. The van der Waals surface area contributed by atoms with Gasteiger partial charge in [0.05, 0.1) is 12.1 Å². The summed E-state index contributed by atoms with van der Waals surface area (Å²) in [5.74, 6) is 0. The van der Waals surface area contributed by atoms with Crippen molar-refractivity contribution in [2.75, 3.05) is 0 Å². The Bertz CT molecular complexity index is 1150. The van der Waals surface area contributed by atoms with Crippen LogP contribution in [0, 0.1) is 20.4 Å². The molecule has 0 fully saturated rings. The van der Waals surface area contributed by atoms with Crippen molar-refractivity contribution < 1.29 is 8.98 Å². The topological polar surface area (TPSA) is 21.4 Å². The van der Waals surface area contributed by atoms with Crippen molar-refractivity contribution >= 4 is 27.6 Å². The van der Waals surface area contributed by atoms with E-state index in [9.17, 15) is 0 Å². The van der Waals surface area contributed by atoms with Crippen LogP contribution in [0.2, 0.25) is 0 Å². The lowest BCUT2D eigenvalue weighted by molar-refractivity contribution is -0.660. The maximum atomic E-state index is 7.82. The Kier molecular flexibility index (Phi) is 3.14. The zero-order valence-corrected chi connectivity index (χ0v) is 13.9. The van der Waals surface area contributed by atoms with E-state index >= 15 is 0 Å². The summed E-state index contributed by atoms with van der Waals surface area (Å²) >= 11 is 0. The van der Waals surface area contributed by atoms with Crippen LogP contribution in [0.3, 0.4) is 0 Å². The lowest BCUT2D eigenvalue weighted by atomic mass is 9.97. The zero-order valence-electron chi connectivity index (χ0n) is 13.9. The molecule has 4 rings (SSSR count). The van der Waals surface area contributed by atoms with E-state index in [0.717, 1.165) is 38.8 Å². The molecule has 0 saturated carbocycles. The highest BCUT2D eigenvalue weighted by atomic mass is 16.3. The Balaban J connectivity index is 2.20. The molecule has 2 aromatic carbocycles. The van der Waals surface area contributed by atoms with Gasteiger partial charge in [0.1, 0.15) is 18.2 Å². The molecule has 0 unspecified atom stereocenters. The Hall–Kier alpha value is -3.12. The average Bonchev–Trinajstić information content (AvgIpc) is 2.94. The van der Waals surface area contributed by atoms with Gasteiger partial charge in [0.2, 0.25) is 11.4 Å².